The minimum atomic E-state index is -0.677. The van der Waals surface area contributed by atoms with Gasteiger partial charge in [-0.3, -0.25) is 25.0 Å². The lowest BCUT2D eigenvalue weighted by Crippen LogP contribution is -2.52. The number of amides is 4. The minimum Gasteiger partial charge on any atom is -0.489 e. The van der Waals surface area contributed by atoms with Crippen LogP contribution in [0, 0.1) is 0 Å². The molecule has 2 aromatic carbocycles. The molecule has 11 heteroatoms. The van der Waals surface area contributed by atoms with Crippen molar-refractivity contribution in [3.05, 3.63) is 58.1 Å². The quantitative estimate of drug-likeness (QED) is 0.556. The molecule has 3 aliphatic heterocycles. The van der Waals surface area contributed by atoms with E-state index in [2.05, 4.69) is 15.5 Å². The highest BCUT2D eigenvalue weighted by atomic mass is 35.5. The van der Waals surface area contributed by atoms with Crippen molar-refractivity contribution in [2.24, 2.45) is 0 Å². The Morgan fingerprint density at radius 1 is 1.16 bits per heavy atom. The summed E-state index contributed by atoms with van der Waals surface area (Å²) >= 11 is 6.21. The first-order chi connectivity index (χ1) is 17.7. The fourth-order valence-corrected chi connectivity index (χ4v) is 5.11. The first kappa shape index (κ1) is 25.0. The van der Waals surface area contributed by atoms with Crippen LogP contribution in [0.3, 0.4) is 0 Å². The second kappa shape index (κ2) is 10.4. The lowest BCUT2D eigenvalue weighted by molar-refractivity contribution is -0.136. The molecule has 2 aromatic rings. The summed E-state index contributed by atoms with van der Waals surface area (Å²) in [4.78, 5) is 52.7. The highest BCUT2D eigenvalue weighted by molar-refractivity contribution is 6.31. The van der Waals surface area contributed by atoms with Gasteiger partial charge in [0.2, 0.25) is 11.8 Å². The molecule has 4 amide bonds. The number of ether oxygens (including phenoxy) is 2. The maximum Gasteiger partial charge on any atom is 0.411 e. The van der Waals surface area contributed by atoms with Gasteiger partial charge in [-0.2, -0.15) is 0 Å². The molecule has 2 unspecified atom stereocenters. The van der Waals surface area contributed by atoms with Crippen LogP contribution in [0.5, 0.6) is 5.75 Å². The van der Waals surface area contributed by atoms with Gasteiger partial charge < -0.3 is 19.3 Å². The number of likely N-dealkylation sites (N-methyl/N-ethyl adjacent to an activating group) is 1. The smallest absolute Gasteiger partial charge is 0.411 e. The number of piperidine rings is 1. The van der Waals surface area contributed by atoms with Crippen molar-refractivity contribution in [1.29, 1.82) is 0 Å². The van der Waals surface area contributed by atoms with Crippen molar-refractivity contribution in [2.45, 2.75) is 44.6 Å². The third-order valence-corrected chi connectivity index (χ3v) is 6.95. The second-order valence-corrected chi connectivity index (χ2v) is 10.00. The Labute approximate surface area is 218 Å². The zero-order valence-corrected chi connectivity index (χ0v) is 21.0. The molecule has 2 N–H and O–H groups in total. The molecular formula is C26H27ClN4O6. The summed E-state index contributed by atoms with van der Waals surface area (Å²) in [5, 5.41) is 5.38. The first-order valence-electron chi connectivity index (χ1n) is 12.1. The number of nitrogens with zero attached hydrogens (tertiary/aromatic N) is 2. The van der Waals surface area contributed by atoms with Crippen LogP contribution in [0.4, 0.5) is 10.5 Å². The van der Waals surface area contributed by atoms with E-state index >= 15 is 0 Å². The van der Waals surface area contributed by atoms with Crippen molar-refractivity contribution in [2.75, 3.05) is 25.5 Å². The highest BCUT2D eigenvalue weighted by Crippen LogP contribution is 2.29. The SMILES string of the molecule is CN1CCC(Oc2cc(Cl)cc(NC(=O)OCc3ccc4c(c3)C(=O)N(C3CCC(=O)NC3=O)C4)c2)C1. The van der Waals surface area contributed by atoms with Gasteiger partial charge >= 0.3 is 6.09 Å². The van der Waals surface area contributed by atoms with Crippen molar-refractivity contribution < 1.29 is 28.7 Å². The zero-order valence-electron chi connectivity index (χ0n) is 20.3. The van der Waals surface area contributed by atoms with E-state index < -0.39 is 18.0 Å². The van der Waals surface area contributed by atoms with Crippen LogP contribution in [0.25, 0.3) is 0 Å². The Kier molecular flexibility index (Phi) is 7.03. The third-order valence-electron chi connectivity index (χ3n) is 6.73. The zero-order chi connectivity index (χ0) is 26.1. The number of anilines is 1. The molecule has 0 aromatic heterocycles. The van der Waals surface area contributed by atoms with Crippen LogP contribution in [-0.4, -0.2) is 65.9 Å². The lowest BCUT2D eigenvalue weighted by Gasteiger charge is -2.29. The molecule has 10 nitrogen and oxygen atoms in total. The average Bonchev–Trinajstić information content (AvgIpc) is 3.39. The maximum atomic E-state index is 13.0. The summed E-state index contributed by atoms with van der Waals surface area (Å²) in [5.41, 5.74) is 2.32. The Balaban J connectivity index is 1.18. The summed E-state index contributed by atoms with van der Waals surface area (Å²) in [5.74, 6) is -0.495. The average molecular weight is 527 g/mol. The predicted octanol–water partition coefficient (Wildman–Crippen LogP) is 2.93. The van der Waals surface area contributed by atoms with E-state index in [0.29, 0.717) is 40.6 Å². The van der Waals surface area contributed by atoms with Gasteiger partial charge in [0.25, 0.3) is 5.91 Å². The molecule has 2 atom stereocenters. The number of carbonyl (C=O) groups is 4. The Morgan fingerprint density at radius 2 is 2.00 bits per heavy atom. The van der Waals surface area contributed by atoms with E-state index in [0.717, 1.165) is 25.1 Å². The topological polar surface area (TPSA) is 117 Å². The summed E-state index contributed by atoms with van der Waals surface area (Å²) in [7, 11) is 2.04. The highest BCUT2D eigenvalue weighted by Gasteiger charge is 2.39. The predicted molar refractivity (Wildman–Crippen MR) is 134 cm³/mol. The van der Waals surface area contributed by atoms with Crippen LogP contribution in [0.15, 0.2) is 36.4 Å². The van der Waals surface area contributed by atoms with E-state index in [1.54, 1.807) is 36.4 Å². The molecule has 3 heterocycles. The number of imide groups is 1. The monoisotopic (exact) mass is 526 g/mol. The molecule has 0 spiro atoms. The number of carbonyl (C=O) groups excluding carboxylic acids is 4. The van der Waals surface area contributed by atoms with Crippen molar-refractivity contribution in [1.82, 2.24) is 15.1 Å². The van der Waals surface area contributed by atoms with Crippen LogP contribution >= 0.6 is 11.6 Å². The van der Waals surface area contributed by atoms with E-state index in [-0.39, 0.29) is 30.9 Å². The van der Waals surface area contributed by atoms with Crippen molar-refractivity contribution in [3.8, 4) is 5.75 Å². The normalized spacial score (nSPS) is 21.6. The second-order valence-electron chi connectivity index (χ2n) is 9.56. The number of likely N-dealkylation sites (tertiary alicyclic amines) is 1. The van der Waals surface area contributed by atoms with Gasteiger partial charge in [-0.05, 0) is 49.2 Å². The largest absolute Gasteiger partial charge is 0.489 e. The molecule has 0 bridgehead atoms. The summed E-state index contributed by atoms with van der Waals surface area (Å²) < 4.78 is 11.4. The Morgan fingerprint density at radius 3 is 2.76 bits per heavy atom. The number of hydrogen-bond donors (Lipinski definition) is 2. The molecular weight excluding hydrogens is 500 g/mol. The summed E-state index contributed by atoms with van der Waals surface area (Å²) in [6.07, 6.45) is 0.808. The molecule has 3 aliphatic rings. The minimum absolute atomic E-state index is 0.0524. The first-order valence-corrected chi connectivity index (χ1v) is 12.5. The molecule has 2 saturated heterocycles. The summed E-state index contributed by atoms with van der Waals surface area (Å²) in [6.45, 7) is 2.03. The van der Waals surface area contributed by atoms with E-state index in [4.69, 9.17) is 21.1 Å². The number of rotatable bonds is 6. The molecule has 5 rings (SSSR count). The van der Waals surface area contributed by atoms with Gasteiger partial charge in [0, 0.05) is 48.4 Å². The van der Waals surface area contributed by atoms with Gasteiger partial charge in [0.05, 0.1) is 0 Å². The fourth-order valence-electron chi connectivity index (χ4n) is 4.88. The van der Waals surface area contributed by atoms with Gasteiger partial charge in [-0.1, -0.05) is 23.7 Å². The van der Waals surface area contributed by atoms with E-state index in [1.807, 2.05) is 7.05 Å². The lowest BCUT2D eigenvalue weighted by atomic mass is 10.0. The van der Waals surface area contributed by atoms with E-state index in [1.165, 1.54) is 4.90 Å². The number of nitrogens with one attached hydrogen (secondary N) is 2. The molecule has 0 aliphatic carbocycles. The standard InChI is InChI=1S/C26H27ClN4O6/c1-30-7-6-19(13-30)37-20-10-17(27)9-18(11-20)28-26(35)36-14-15-2-3-16-12-31(25(34)21(16)8-15)22-4-5-23(32)29-24(22)33/h2-3,8-11,19,22H,4-7,12-14H2,1H3,(H,28,35)(H,29,32,33). The van der Waals surface area contributed by atoms with Crippen molar-refractivity contribution in [3.63, 3.8) is 0 Å². The van der Waals surface area contributed by atoms with Gasteiger partial charge in [0.1, 0.15) is 24.5 Å². The van der Waals surface area contributed by atoms with Gasteiger partial charge in [0.15, 0.2) is 0 Å². The maximum absolute atomic E-state index is 13.0. The number of fused-ring (bicyclic) bond motifs is 1. The summed E-state index contributed by atoms with van der Waals surface area (Å²) in [6, 6.07) is 9.56. The van der Waals surface area contributed by atoms with Crippen LogP contribution in [0.2, 0.25) is 5.02 Å². The van der Waals surface area contributed by atoms with Crippen LogP contribution in [-0.2, 0) is 27.5 Å². The molecule has 37 heavy (non-hydrogen) atoms. The van der Waals surface area contributed by atoms with Gasteiger partial charge in [-0.25, -0.2) is 4.79 Å². The molecule has 194 valence electrons. The third kappa shape index (κ3) is 5.70. The van der Waals surface area contributed by atoms with Gasteiger partial charge in [-0.15, -0.1) is 0 Å². The van der Waals surface area contributed by atoms with Crippen molar-refractivity contribution >= 4 is 41.1 Å². The van der Waals surface area contributed by atoms with E-state index in [9.17, 15) is 19.2 Å². The van der Waals surface area contributed by atoms with Crippen LogP contribution in [0.1, 0.15) is 40.7 Å². The Bertz CT molecular complexity index is 1270. The number of benzene rings is 2. The molecule has 0 radical (unpaired) electrons. The number of hydrogen-bond acceptors (Lipinski definition) is 7. The molecule has 0 saturated carbocycles. The van der Waals surface area contributed by atoms with Crippen LogP contribution < -0.4 is 15.4 Å². The number of halogens is 1. The Hall–Kier alpha value is -3.63. The fraction of sp³-hybridized carbons (Fsp3) is 0.385. The molecule has 2 fully saturated rings.